The lowest BCUT2D eigenvalue weighted by Crippen LogP contribution is -2.24. The lowest BCUT2D eigenvalue weighted by molar-refractivity contribution is -0.120. The van der Waals surface area contributed by atoms with E-state index in [4.69, 9.17) is 4.74 Å². The van der Waals surface area contributed by atoms with Crippen LogP contribution < -0.4 is 5.32 Å². The zero-order valence-corrected chi connectivity index (χ0v) is 17.8. The lowest BCUT2D eigenvalue weighted by atomic mass is 9.85. The van der Waals surface area contributed by atoms with Crippen molar-refractivity contribution in [2.45, 2.75) is 39.2 Å². The van der Waals surface area contributed by atoms with Gasteiger partial charge in [0.25, 0.3) is 0 Å². The molecule has 1 aliphatic rings. The number of esters is 1. The maximum atomic E-state index is 13.9. The van der Waals surface area contributed by atoms with E-state index < -0.39 is 34.7 Å². The average molecular weight is 425 g/mol. The Labute approximate surface area is 179 Å². The van der Waals surface area contributed by atoms with Crippen LogP contribution in [0.1, 0.15) is 47.8 Å². The largest absolute Gasteiger partial charge is 0.506 e. The van der Waals surface area contributed by atoms with Crippen LogP contribution in [-0.2, 0) is 27.2 Å². The van der Waals surface area contributed by atoms with Crippen molar-refractivity contribution >= 4 is 29.0 Å². The molecule has 0 fully saturated rings. The monoisotopic (exact) mass is 425 g/mol. The van der Waals surface area contributed by atoms with Crippen LogP contribution in [-0.4, -0.2) is 35.3 Å². The van der Waals surface area contributed by atoms with Crippen molar-refractivity contribution in [3.63, 3.8) is 0 Å². The van der Waals surface area contributed by atoms with Gasteiger partial charge >= 0.3 is 5.97 Å². The highest BCUT2D eigenvalue weighted by Crippen LogP contribution is 2.34. The summed E-state index contributed by atoms with van der Waals surface area (Å²) >= 11 is 0. The number of fused-ring (bicyclic) bond motifs is 1. The first-order valence-corrected chi connectivity index (χ1v) is 9.82. The second-order valence-electron chi connectivity index (χ2n) is 8.35. The predicted octanol–water partition coefficient (Wildman–Crippen LogP) is 4.03. The molecule has 0 radical (unpaired) electrons. The fraction of sp³-hybridized carbons (Fsp3) is 0.292. The highest BCUT2D eigenvalue weighted by atomic mass is 19.1. The molecule has 2 aromatic rings. The fourth-order valence-corrected chi connectivity index (χ4v) is 3.43. The summed E-state index contributed by atoms with van der Waals surface area (Å²) < 4.78 is 19.2. The number of aliphatic hydroxyl groups is 1. The molecule has 2 aromatic carbocycles. The zero-order valence-electron chi connectivity index (χ0n) is 17.8. The molecule has 0 unspecified atom stereocenters. The van der Waals surface area contributed by atoms with E-state index in [1.165, 1.54) is 18.2 Å². The number of ether oxygens (including phenoxy) is 1. The van der Waals surface area contributed by atoms with Crippen LogP contribution in [0.3, 0.4) is 0 Å². The normalized spacial score (nSPS) is 13.6. The Kier molecular flexibility index (Phi) is 5.97. The van der Waals surface area contributed by atoms with Gasteiger partial charge in [0.1, 0.15) is 22.8 Å². The van der Waals surface area contributed by atoms with Crippen LogP contribution in [0.4, 0.5) is 10.1 Å². The molecule has 162 valence electrons. The molecule has 0 saturated heterocycles. The highest BCUT2D eigenvalue weighted by Gasteiger charge is 2.32. The molecule has 0 amide bonds. The van der Waals surface area contributed by atoms with E-state index in [0.717, 1.165) is 6.07 Å². The third-order valence-electron chi connectivity index (χ3n) is 4.82. The molecule has 0 spiro atoms. The van der Waals surface area contributed by atoms with E-state index in [1.807, 2.05) is 0 Å². The van der Waals surface area contributed by atoms with Gasteiger partial charge < -0.3 is 15.2 Å². The molecule has 3 rings (SSSR count). The number of rotatable bonds is 5. The molecule has 6 nitrogen and oxygen atoms in total. The Hall–Kier alpha value is -3.48. The van der Waals surface area contributed by atoms with Crippen molar-refractivity contribution in [1.29, 1.82) is 0 Å². The van der Waals surface area contributed by atoms with E-state index in [-0.39, 0.29) is 24.0 Å². The van der Waals surface area contributed by atoms with Crippen molar-refractivity contribution < 1.29 is 28.6 Å². The third-order valence-corrected chi connectivity index (χ3v) is 4.82. The summed E-state index contributed by atoms with van der Waals surface area (Å²) in [5, 5.41) is 13.4. The number of hydrogen-bond acceptors (Lipinski definition) is 6. The second-order valence-corrected chi connectivity index (χ2v) is 8.35. The van der Waals surface area contributed by atoms with Gasteiger partial charge in [-0.25, -0.2) is 9.18 Å². The Balaban J connectivity index is 1.85. The number of hydrogen-bond donors (Lipinski definition) is 2. The summed E-state index contributed by atoms with van der Waals surface area (Å²) in [4.78, 5) is 37.5. The fourth-order valence-electron chi connectivity index (χ4n) is 3.43. The molecule has 0 saturated carbocycles. The second kappa shape index (κ2) is 8.34. The number of benzene rings is 2. The van der Waals surface area contributed by atoms with Crippen molar-refractivity contribution in [2.75, 3.05) is 12.4 Å². The van der Waals surface area contributed by atoms with Gasteiger partial charge in [0, 0.05) is 31.1 Å². The number of carbonyl (C=O) groups is 3. The number of anilines is 1. The van der Waals surface area contributed by atoms with Crippen LogP contribution in [0.25, 0.3) is 5.76 Å². The predicted molar refractivity (Wildman–Crippen MR) is 115 cm³/mol. The minimum absolute atomic E-state index is 0.117. The van der Waals surface area contributed by atoms with Gasteiger partial charge in [-0.15, -0.1) is 0 Å². The van der Waals surface area contributed by atoms with E-state index in [0.29, 0.717) is 22.4 Å². The first-order chi connectivity index (χ1) is 14.5. The maximum Gasteiger partial charge on any atom is 0.338 e. The van der Waals surface area contributed by atoms with Crippen LogP contribution in [0.15, 0.2) is 42.0 Å². The average Bonchev–Trinajstić information content (AvgIpc) is 2.67. The molecular weight excluding hydrogens is 401 g/mol. The molecule has 31 heavy (non-hydrogen) atoms. The summed E-state index contributed by atoms with van der Waals surface area (Å²) in [7, 11) is 1.59. The molecule has 2 N–H and O–H groups in total. The van der Waals surface area contributed by atoms with Crippen LogP contribution in [0, 0.1) is 5.82 Å². The molecule has 1 aliphatic carbocycles. The van der Waals surface area contributed by atoms with Crippen molar-refractivity contribution in [3.05, 3.63) is 70.0 Å². The highest BCUT2D eigenvalue weighted by molar-refractivity contribution is 6.27. The zero-order chi connectivity index (χ0) is 22.9. The van der Waals surface area contributed by atoms with Crippen molar-refractivity contribution in [2.24, 2.45) is 0 Å². The first-order valence-electron chi connectivity index (χ1n) is 9.82. The maximum absolute atomic E-state index is 13.9. The minimum Gasteiger partial charge on any atom is -0.506 e. The summed E-state index contributed by atoms with van der Waals surface area (Å²) in [6.07, 6.45) is -0.266. The van der Waals surface area contributed by atoms with E-state index >= 15 is 0 Å². The molecule has 0 atom stereocenters. The van der Waals surface area contributed by atoms with Crippen LogP contribution >= 0.6 is 0 Å². The van der Waals surface area contributed by atoms with E-state index in [1.54, 1.807) is 40.0 Å². The summed E-state index contributed by atoms with van der Waals surface area (Å²) in [5.41, 5.74) is 0.907. The van der Waals surface area contributed by atoms with Crippen LogP contribution in [0.5, 0.6) is 0 Å². The summed E-state index contributed by atoms with van der Waals surface area (Å²) in [6, 6.07) is 8.61. The topological polar surface area (TPSA) is 92.7 Å². The van der Waals surface area contributed by atoms with E-state index in [9.17, 15) is 23.9 Å². The van der Waals surface area contributed by atoms with Gasteiger partial charge in [-0.05, 0) is 56.2 Å². The molecule has 7 heteroatoms. The number of carbonyl (C=O) groups excluding carboxylic acids is 3. The van der Waals surface area contributed by atoms with Crippen molar-refractivity contribution in [3.8, 4) is 0 Å². The molecule has 0 bridgehead atoms. The van der Waals surface area contributed by atoms with Gasteiger partial charge in [0.2, 0.25) is 0 Å². The summed E-state index contributed by atoms with van der Waals surface area (Å²) in [6.45, 7) is 5.30. The van der Waals surface area contributed by atoms with Crippen LogP contribution in [0.2, 0.25) is 0 Å². The van der Waals surface area contributed by atoms with E-state index in [2.05, 4.69) is 5.32 Å². The number of ketones is 2. The number of aliphatic hydroxyl groups excluding tert-OH is 1. The van der Waals surface area contributed by atoms with Gasteiger partial charge in [0.15, 0.2) is 11.6 Å². The van der Waals surface area contributed by atoms with Gasteiger partial charge in [-0.1, -0.05) is 12.1 Å². The quantitative estimate of drug-likeness (QED) is 0.555. The molecule has 0 heterocycles. The molecular formula is C24H24FNO5. The third kappa shape index (κ3) is 4.82. The van der Waals surface area contributed by atoms with Gasteiger partial charge in [-0.2, -0.15) is 0 Å². The Morgan fingerprint density at radius 1 is 1.16 bits per heavy atom. The minimum atomic E-state index is -0.625. The number of nitrogens with one attached hydrogen (secondary N) is 1. The standard InChI is InChI=1S/C24H24FNO5/c1-24(2,3)31-23(30)14-7-5-13(6-8-14)9-19(27)21-20(28)12-16-17(22(21)29)10-15(25)11-18(16)26-4/h5-8,10-11,26,29H,9,12H2,1-4H3. The molecule has 0 aliphatic heterocycles. The Morgan fingerprint density at radius 2 is 1.81 bits per heavy atom. The smallest absolute Gasteiger partial charge is 0.338 e. The summed E-state index contributed by atoms with van der Waals surface area (Å²) in [5.74, 6) is -2.68. The van der Waals surface area contributed by atoms with Gasteiger partial charge in [-0.3, -0.25) is 9.59 Å². The SMILES string of the molecule is CNc1cc(F)cc2c1CC(=O)C(C(=O)Cc1ccc(C(=O)OC(C)(C)C)cc1)=C2O. The lowest BCUT2D eigenvalue weighted by Gasteiger charge is -2.21. The van der Waals surface area contributed by atoms with Crippen molar-refractivity contribution in [1.82, 2.24) is 0 Å². The first kappa shape index (κ1) is 22.2. The number of halogens is 1. The Bertz CT molecular complexity index is 1090. The molecule has 0 aromatic heterocycles. The Morgan fingerprint density at radius 3 is 2.39 bits per heavy atom. The van der Waals surface area contributed by atoms with Gasteiger partial charge in [0.05, 0.1) is 5.56 Å². The number of allylic oxidation sites excluding steroid dienone is 1. The number of Topliss-reactive ketones (excluding diaryl/α,β-unsaturated/α-hetero) is 2.